The molecule has 0 fully saturated rings. The molecular weight excluding hydrogens is 263 g/mol. The van der Waals surface area contributed by atoms with Crippen LogP contribution in [0.4, 0.5) is 13.2 Å². The van der Waals surface area contributed by atoms with Crippen molar-refractivity contribution in [1.82, 2.24) is 9.78 Å². The number of nitrogens with two attached hydrogens (primary N) is 1. The molecule has 2 atom stereocenters. The summed E-state index contributed by atoms with van der Waals surface area (Å²) in [5.74, 6) is 0. The Morgan fingerprint density at radius 3 is 2.61 bits per heavy atom. The fourth-order valence-electron chi connectivity index (χ4n) is 1.73. The smallest absolute Gasteiger partial charge is 0.326 e. The highest BCUT2D eigenvalue weighted by molar-refractivity contribution is 7.10. The van der Waals surface area contributed by atoms with E-state index in [0.29, 0.717) is 0 Å². The molecule has 2 N–H and O–H groups in total. The Balaban J connectivity index is 2.36. The summed E-state index contributed by atoms with van der Waals surface area (Å²) >= 11 is 1.45. The second kappa shape index (κ2) is 4.74. The van der Waals surface area contributed by atoms with E-state index in [0.717, 1.165) is 17.3 Å². The summed E-state index contributed by atoms with van der Waals surface area (Å²) in [4.78, 5) is 0.891. The molecule has 0 aromatic carbocycles. The quantitative estimate of drug-likeness (QED) is 0.936. The average Bonchev–Trinajstić information content (AvgIpc) is 2.86. The van der Waals surface area contributed by atoms with Gasteiger partial charge in [0.1, 0.15) is 6.04 Å². The molecule has 0 aliphatic carbocycles. The van der Waals surface area contributed by atoms with Gasteiger partial charge in [-0.1, -0.05) is 6.07 Å². The Kier molecular flexibility index (Phi) is 3.45. The van der Waals surface area contributed by atoms with E-state index in [-0.39, 0.29) is 12.1 Å². The first-order valence-electron chi connectivity index (χ1n) is 5.30. The van der Waals surface area contributed by atoms with Crippen molar-refractivity contribution in [3.63, 3.8) is 0 Å². The lowest BCUT2D eigenvalue weighted by molar-refractivity contribution is -0.137. The van der Waals surface area contributed by atoms with Crippen molar-refractivity contribution in [1.29, 1.82) is 0 Å². The normalized spacial score (nSPS) is 15.6. The van der Waals surface area contributed by atoms with Gasteiger partial charge in [0.2, 0.25) is 0 Å². The van der Waals surface area contributed by atoms with Crippen LogP contribution < -0.4 is 5.73 Å². The predicted octanol–water partition coefficient (Wildman–Crippen LogP) is 2.90. The number of hydrogen-bond acceptors (Lipinski definition) is 3. The zero-order valence-corrected chi connectivity index (χ0v) is 10.4. The lowest BCUT2D eigenvalue weighted by Gasteiger charge is -2.20. The molecule has 0 saturated carbocycles. The number of alkyl halides is 3. The molecule has 2 aromatic rings. The third kappa shape index (κ3) is 2.56. The first kappa shape index (κ1) is 13.1. The molecule has 3 nitrogen and oxygen atoms in total. The molecule has 0 bridgehead atoms. The highest BCUT2D eigenvalue weighted by atomic mass is 32.1. The van der Waals surface area contributed by atoms with E-state index >= 15 is 0 Å². The second-order valence-corrected chi connectivity index (χ2v) is 5.01. The van der Waals surface area contributed by atoms with Crippen molar-refractivity contribution in [3.8, 4) is 0 Å². The molecule has 2 rings (SSSR count). The van der Waals surface area contributed by atoms with Gasteiger partial charge >= 0.3 is 6.18 Å². The Bertz CT molecular complexity index is 502. The number of aromatic nitrogens is 2. The fraction of sp³-hybridized carbons (Fsp3) is 0.364. The van der Waals surface area contributed by atoms with E-state index in [2.05, 4.69) is 5.10 Å². The minimum absolute atomic E-state index is 0.329. The summed E-state index contributed by atoms with van der Waals surface area (Å²) in [5.41, 5.74) is 5.08. The molecule has 7 heteroatoms. The molecule has 0 amide bonds. The monoisotopic (exact) mass is 275 g/mol. The lowest BCUT2D eigenvalue weighted by atomic mass is 10.1. The maximum atomic E-state index is 12.5. The topological polar surface area (TPSA) is 43.8 Å². The van der Waals surface area contributed by atoms with Crippen molar-refractivity contribution in [2.75, 3.05) is 0 Å². The Hall–Kier alpha value is -1.34. The molecule has 0 saturated heterocycles. The van der Waals surface area contributed by atoms with Gasteiger partial charge in [-0.15, -0.1) is 11.3 Å². The summed E-state index contributed by atoms with van der Waals surface area (Å²) in [7, 11) is 0. The molecule has 18 heavy (non-hydrogen) atoms. The zero-order chi connectivity index (χ0) is 13.3. The van der Waals surface area contributed by atoms with E-state index in [9.17, 15) is 13.2 Å². The van der Waals surface area contributed by atoms with Crippen LogP contribution >= 0.6 is 11.3 Å². The van der Waals surface area contributed by atoms with Crippen LogP contribution in [0.5, 0.6) is 0 Å². The van der Waals surface area contributed by atoms with Crippen LogP contribution in [0.3, 0.4) is 0 Å². The summed E-state index contributed by atoms with van der Waals surface area (Å²) in [6.07, 6.45) is -2.56. The van der Waals surface area contributed by atoms with E-state index in [1.165, 1.54) is 16.0 Å². The van der Waals surface area contributed by atoms with Gasteiger partial charge in [0.25, 0.3) is 0 Å². The molecule has 0 aliphatic heterocycles. The molecule has 98 valence electrons. The third-order valence-electron chi connectivity index (χ3n) is 2.55. The summed E-state index contributed by atoms with van der Waals surface area (Å²) < 4.78 is 38.9. The summed E-state index contributed by atoms with van der Waals surface area (Å²) in [5, 5.41) is 5.64. The average molecular weight is 275 g/mol. The molecule has 2 heterocycles. The van der Waals surface area contributed by atoms with E-state index in [4.69, 9.17) is 5.73 Å². The van der Waals surface area contributed by atoms with Crippen molar-refractivity contribution in [2.45, 2.75) is 25.2 Å². The van der Waals surface area contributed by atoms with Gasteiger partial charge in [0.05, 0.1) is 11.8 Å². The number of halogens is 3. The maximum absolute atomic E-state index is 12.5. The molecule has 2 unspecified atom stereocenters. The van der Waals surface area contributed by atoms with Crippen LogP contribution in [0, 0.1) is 0 Å². The van der Waals surface area contributed by atoms with Gasteiger partial charge in [-0.05, 0) is 18.4 Å². The number of hydrogen-bond donors (Lipinski definition) is 1. The fourth-order valence-corrected chi connectivity index (χ4v) is 2.66. The first-order chi connectivity index (χ1) is 8.39. The maximum Gasteiger partial charge on any atom is 0.419 e. The Morgan fingerprint density at radius 2 is 2.17 bits per heavy atom. The summed E-state index contributed by atoms with van der Waals surface area (Å²) in [6, 6.07) is 2.97. The lowest BCUT2D eigenvalue weighted by Crippen LogP contribution is -2.30. The van der Waals surface area contributed by atoms with Crippen molar-refractivity contribution in [2.24, 2.45) is 5.73 Å². The zero-order valence-electron chi connectivity index (χ0n) is 9.56. The Morgan fingerprint density at radius 1 is 1.44 bits per heavy atom. The second-order valence-electron chi connectivity index (χ2n) is 4.03. The van der Waals surface area contributed by atoms with Crippen LogP contribution in [0.1, 0.15) is 23.4 Å². The minimum atomic E-state index is -4.38. The highest BCUT2D eigenvalue weighted by Crippen LogP contribution is 2.31. The largest absolute Gasteiger partial charge is 0.419 e. The number of nitrogens with zero attached hydrogens (tertiary/aromatic N) is 2. The van der Waals surface area contributed by atoms with E-state index < -0.39 is 11.7 Å². The standard InChI is InChI=1S/C11H12F3N3S/c1-7(15)10(9-3-2-4-18-9)17-6-8(5-16-17)11(12,13)14/h2-7,10H,15H2,1H3. The molecule has 0 radical (unpaired) electrons. The van der Waals surface area contributed by atoms with E-state index in [1.54, 1.807) is 6.92 Å². The van der Waals surface area contributed by atoms with Crippen molar-refractivity contribution >= 4 is 11.3 Å². The van der Waals surface area contributed by atoms with Gasteiger partial charge in [-0.3, -0.25) is 4.68 Å². The molecule has 0 aliphatic rings. The van der Waals surface area contributed by atoms with Crippen molar-refractivity contribution in [3.05, 3.63) is 40.3 Å². The van der Waals surface area contributed by atoms with Crippen LogP contribution in [-0.4, -0.2) is 15.8 Å². The highest BCUT2D eigenvalue weighted by Gasteiger charge is 2.33. The summed E-state index contributed by atoms with van der Waals surface area (Å²) in [6.45, 7) is 1.75. The SMILES string of the molecule is CC(N)C(c1cccs1)n1cc(C(F)(F)F)cn1. The molecule has 0 spiro atoms. The van der Waals surface area contributed by atoms with Gasteiger partial charge < -0.3 is 5.73 Å². The van der Waals surface area contributed by atoms with Crippen LogP contribution in [0.15, 0.2) is 29.9 Å². The van der Waals surface area contributed by atoms with Crippen LogP contribution in [0.25, 0.3) is 0 Å². The van der Waals surface area contributed by atoms with Gasteiger partial charge in [-0.25, -0.2) is 0 Å². The van der Waals surface area contributed by atoms with Crippen LogP contribution in [-0.2, 0) is 6.18 Å². The molecular formula is C11H12F3N3S. The first-order valence-corrected chi connectivity index (χ1v) is 6.18. The van der Waals surface area contributed by atoms with E-state index in [1.807, 2.05) is 17.5 Å². The van der Waals surface area contributed by atoms with Crippen LogP contribution in [0.2, 0.25) is 0 Å². The third-order valence-corrected chi connectivity index (χ3v) is 3.49. The van der Waals surface area contributed by atoms with Gasteiger partial charge in [0.15, 0.2) is 0 Å². The number of rotatable bonds is 3. The van der Waals surface area contributed by atoms with Crippen molar-refractivity contribution < 1.29 is 13.2 Å². The number of thiophene rings is 1. The van der Waals surface area contributed by atoms with Gasteiger partial charge in [-0.2, -0.15) is 18.3 Å². The van der Waals surface area contributed by atoms with Gasteiger partial charge in [0, 0.05) is 17.1 Å². The Labute approximate surface area is 106 Å². The predicted molar refractivity (Wildman–Crippen MR) is 63.3 cm³/mol. The minimum Gasteiger partial charge on any atom is -0.326 e. The molecule has 2 aromatic heterocycles.